The van der Waals surface area contributed by atoms with E-state index in [1.807, 2.05) is 41.5 Å². The zero-order valence-electron chi connectivity index (χ0n) is 43.6. The van der Waals surface area contributed by atoms with E-state index in [0.29, 0.717) is 11.8 Å². The van der Waals surface area contributed by atoms with Crippen molar-refractivity contribution < 1.29 is 0 Å². The van der Waals surface area contributed by atoms with E-state index in [0.717, 1.165) is 25.8 Å². The fourth-order valence-corrected chi connectivity index (χ4v) is 9.44. The van der Waals surface area contributed by atoms with Crippen molar-refractivity contribution >= 4 is 11.6 Å². The summed E-state index contributed by atoms with van der Waals surface area (Å²) in [7, 11) is 2.14. The highest BCUT2D eigenvalue weighted by molar-refractivity contribution is 5.83. The first-order valence-electron chi connectivity index (χ1n) is 24.8. The van der Waals surface area contributed by atoms with Gasteiger partial charge in [0, 0.05) is 19.0 Å². The third-order valence-corrected chi connectivity index (χ3v) is 13.1. The highest BCUT2D eigenvalue weighted by Gasteiger charge is 2.35. The smallest absolute Gasteiger partial charge is 0.0353 e. The van der Waals surface area contributed by atoms with Crippen LogP contribution >= 0.6 is 0 Å². The molecule has 1 nitrogen and oxygen atoms in total. The second-order valence-corrected chi connectivity index (χ2v) is 18.0. The number of hydrogen-bond donors (Lipinski definition) is 0. The monoisotopic (exact) mass is 878 g/mol. The Bertz CT molecular complexity index is 2460. The van der Waals surface area contributed by atoms with Crippen LogP contribution < -0.4 is 0 Å². The third kappa shape index (κ3) is 13.2. The second kappa shape index (κ2) is 26.3. The van der Waals surface area contributed by atoms with Gasteiger partial charge >= 0.3 is 0 Å². The van der Waals surface area contributed by atoms with Gasteiger partial charge in [0.05, 0.1) is 0 Å². The zero-order chi connectivity index (χ0) is 49.0. The molecule has 1 heteroatoms. The third-order valence-electron chi connectivity index (χ3n) is 13.1. The number of allylic oxidation sites excluding steroid dienone is 7. The van der Waals surface area contributed by atoms with Gasteiger partial charge in [-0.2, -0.15) is 0 Å². The average Bonchev–Trinajstić information content (AvgIpc) is 3.84. The number of nitrogens with zero attached hydrogens (tertiary/aromatic N) is 1. The fraction of sp³-hybridized carbons (Fsp3) is 0.354. The average molecular weight is 878 g/mol. The van der Waals surface area contributed by atoms with Crippen LogP contribution in [0.25, 0.3) is 33.9 Å². The molecule has 0 saturated heterocycles. The molecule has 1 aliphatic heterocycles. The van der Waals surface area contributed by atoms with Crippen LogP contribution in [0.4, 0.5) is 0 Å². The molecule has 0 fully saturated rings. The van der Waals surface area contributed by atoms with Crippen molar-refractivity contribution in [3.05, 3.63) is 202 Å². The highest BCUT2D eigenvalue weighted by Crippen LogP contribution is 2.49. The molecule has 0 N–H and O–H groups in total. The number of terminal acetylenes is 1. The first-order chi connectivity index (χ1) is 31.9. The largest absolute Gasteiger partial charge is 0.377 e. The molecule has 0 spiro atoms. The number of fused-ring (bicyclic) bond motifs is 6. The van der Waals surface area contributed by atoms with Gasteiger partial charge in [-0.05, 0) is 136 Å². The predicted molar refractivity (Wildman–Crippen MR) is 296 cm³/mol. The minimum atomic E-state index is 0.0964. The quantitative estimate of drug-likeness (QED) is 0.156. The van der Waals surface area contributed by atoms with Crippen molar-refractivity contribution in [2.45, 2.75) is 133 Å². The van der Waals surface area contributed by atoms with E-state index in [1.165, 1.54) is 77.9 Å². The van der Waals surface area contributed by atoms with Crippen LogP contribution in [0.5, 0.6) is 0 Å². The molecular formula is C65H83N. The first-order valence-corrected chi connectivity index (χ1v) is 24.8. The lowest BCUT2D eigenvalue weighted by Gasteiger charge is -2.32. The van der Waals surface area contributed by atoms with Crippen LogP contribution in [0, 0.1) is 25.7 Å². The summed E-state index contributed by atoms with van der Waals surface area (Å²) in [5.74, 6) is 0.890. The molecule has 0 aromatic heterocycles. The Labute approximate surface area is 404 Å². The Balaban J connectivity index is 0.000000347. The lowest BCUT2D eigenvalue weighted by Crippen LogP contribution is -2.24. The predicted octanol–water partition coefficient (Wildman–Crippen LogP) is 18.4. The fourth-order valence-electron chi connectivity index (χ4n) is 9.44. The first kappa shape index (κ1) is 54.5. The van der Waals surface area contributed by atoms with Crippen molar-refractivity contribution in [1.82, 2.24) is 4.90 Å². The van der Waals surface area contributed by atoms with Gasteiger partial charge in [0.15, 0.2) is 0 Å². The SMILES string of the molecule is C#C.C/C=C(\C)c1ccc2c(c1)C(C)(C)c1cc(C)ccc1-2.CC.CC.CC.CC1/C=C\C=C/CN(C)/C=C\CC(C)(c2ccc(/C=C\C(C)c3cccc4c3Cc3ccccc3-4)cc2)C1. The van der Waals surface area contributed by atoms with E-state index in [2.05, 4.69) is 238 Å². The van der Waals surface area contributed by atoms with Gasteiger partial charge in [-0.1, -0.05) is 233 Å². The van der Waals surface area contributed by atoms with E-state index in [9.17, 15) is 0 Å². The molecule has 0 bridgehead atoms. The molecule has 0 amide bonds. The van der Waals surface area contributed by atoms with Crippen molar-refractivity contribution in [2.75, 3.05) is 13.6 Å². The van der Waals surface area contributed by atoms with Crippen molar-refractivity contribution in [3.8, 4) is 35.1 Å². The number of rotatable bonds is 5. The molecule has 3 aliphatic rings. The maximum absolute atomic E-state index is 4.00. The molecule has 8 rings (SSSR count). The standard InChI is InChI=1S/C37H41N.C20H22.3C2H6.C2H2/c1-28-12-6-5-9-24-38(4)25-11-23-37(3,27-28)32-21-19-30(20-22-32)18-17-29(2)33-15-10-16-35-34-14-8-7-13-31(34)26-36(33)35;1-6-14(3)15-8-10-17-16-9-7-13(2)11-18(16)20(4,5)19(17)12-15;4*1-2/h5-22,25,28-29H,23-24,26-27H2,1-4H3;6-12H,1-5H3;3*1-2H3;1-2H/b9-5-,12-6-,18-17-,25-11-;14-6+;;;;. The lowest BCUT2D eigenvalue weighted by atomic mass is 9.73. The minimum absolute atomic E-state index is 0.0964. The van der Waals surface area contributed by atoms with Crippen LogP contribution in [0.15, 0.2) is 152 Å². The number of benzene rings is 5. The van der Waals surface area contributed by atoms with Crippen LogP contribution in [0.2, 0.25) is 0 Å². The van der Waals surface area contributed by atoms with Crippen molar-refractivity contribution in [1.29, 1.82) is 0 Å². The van der Waals surface area contributed by atoms with E-state index in [1.54, 1.807) is 0 Å². The van der Waals surface area contributed by atoms with Crippen LogP contribution in [0.3, 0.4) is 0 Å². The number of aryl methyl sites for hydroxylation is 1. The minimum Gasteiger partial charge on any atom is -0.377 e. The van der Waals surface area contributed by atoms with Gasteiger partial charge in [0.1, 0.15) is 0 Å². The Morgan fingerprint density at radius 1 is 0.742 bits per heavy atom. The van der Waals surface area contributed by atoms with Crippen LogP contribution in [-0.4, -0.2) is 18.5 Å². The summed E-state index contributed by atoms with van der Waals surface area (Å²) in [6, 6.07) is 38.7. The zero-order valence-corrected chi connectivity index (χ0v) is 43.6. The van der Waals surface area contributed by atoms with Gasteiger partial charge < -0.3 is 4.90 Å². The molecule has 3 atom stereocenters. The van der Waals surface area contributed by atoms with Crippen LogP contribution in [-0.2, 0) is 17.3 Å². The molecule has 5 aromatic rings. The summed E-state index contributed by atoms with van der Waals surface area (Å²) in [4.78, 5) is 2.24. The van der Waals surface area contributed by atoms with E-state index >= 15 is 0 Å². The van der Waals surface area contributed by atoms with E-state index in [4.69, 9.17) is 0 Å². The van der Waals surface area contributed by atoms with Gasteiger partial charge in [-0.15, -0.1) is 12.8 Å². The van der Waals surface area contributed by atoms with Gasteiger partial charge in [-0.3, -0.25) is 0 Å². The Morgan fingerprint density at radius 2 is 1.38 bits per heavy atom. The Hall–Kier alpha value is -5.84. The molecule has 5 aromatic carbocycles. The summed E-state index contributed by atoms with van der Waals surface area (Å²) < 4.78 is 0. The second-order valence-electron chi connectivity index (χ2n) is 18.0. The summed E-state index contributed by atoms with van der Waals surface area (Å²) in [5, 5.41) is 0. The maximum Gasteiger partial charge on any atom is 0.0353 e. The molecule has 0 saturated carbocycles. The van der Waals surface area contributed by atoms with Crippen molar-refractivity contribution in [2.24, 2.45) is 5.92 Å². The van der Waals surface area contributed by atoms with Crippen molar-refractivity contribution in [3.63, 3.8) is 0 Å². The van der Waals surface area contributed by atoms with E-state index in [-0.39, 0.29) is 10.8 Å². The molecule has 66 heavy (non-hydrogen) atoms. The molecular weight excluding hydrogens is 795 g/mol. The Morgan fingerprint density at radius 3 is 2.06 bits per heavy atom. The van der Waals surface area contributed by atoms with Gasteiger partial charge in [0.25, 0.3) is 0 Å². The number of likely N-dealkylation sites (N-methyl/N-ethyl adjacent to an activating group) is 1. The maximum atomic E-state index is 4.00. The molecule has 348 valence electrons. The Kier molecular flexibility index (Phi) is 21.7. The summed E-state index contributed by atoms with van der Waals surface area (Å²) in [5.41, 5.74) is 19.8. The highest BCUT2D eigenvalue weighted by atomic mass is 15.1. The summed E-state index contributed by atoms with van der Waals surface area (Å²) in [6.07, 6.45) is 31.6. The summed E-state index contributed by atoms with van der Waals surface area (Å²) in [6.45, 7) is 31.2. The van der Waals surface area contributed by atoms with E-state index < -0.39 is 0 Å². The topological polar surface area (TPSA) is 3.24 Å². The van der Waals surface area contributed by atoms with Gasteiger partial charge in [-0.25, -0.2) is 0 Å². The van der Waals surface area contributed by atoms with Crippen LogP contribution in [0.1, 0.15) is 159 Å². The summed E-state index contributed by atoms with van der Waals surface area (Å²) >= 11 is 0. The lowest BCUT2D eigenvalue weighted by molar-refractivity contribution is 0.388. The number of hydrogen-bond acceptors (Lipinski definition) is 1. The molecule has 2 aliphatic carbocycles. The molecule has 3 unspecified atom stereocenters. The van der Waals surface area contributed by atoms with Gasteiger partial charge in [0.2, 0.25) is 0 Å². The normalized spacial score (nSPS) is 19.3. The molecule has 1 heterocycles. The molecule has 0 radical (unpaired) electrons.